The van der Waals surface area contributed by atoms with E-state index >= 15 is 0 Å². The summed E-state index contributed by atoms with van der Waals surface area (Å²) in [4.78, 5) is 45.9. The Morgan fingerprint density at radius 1 is 0.577 bits per heavy atom. The van der Waals surface area contributed by atoms with E-state index in [1.54, 1.807) is 41.5 Å². The summed E-state index contributed by atoms with van der Waals surface area (Å²) in [5.41, 5.74) is -1.32. The normalized spacial score (nSPS) is 11.5. The van der Waals surface area contributed by atoms with Gasteiger partial charge in [-0.3, -0.25) is 19.2 Å². The Morgan fingerprint density at radius 2 is 0.885 bits per heavy atom. The molecule has 8 nitrogen and oxygen atoms in total. The molecule has 0 rings (SSSR count). The number of carbonyl (C=O) groups excluding carboxylic acids is 4. The first-order valence-corrected chi connectivity index (χ1v) is 8.49. The van der Waals surface area contributed by atoms with Crippen LogP contribution in [-0.2, 0) is 38.1 Å². The van der Waals surface area contributed by atoms with Crippen LogP contribution in [0, 0.1) is 10.8 Å². The lowest BCUT2D eigenvalue weighted by atomic mass is 9.97. The van der Waals surface area contributed by atoms with Crippen molar-refractivity contribution in [1.29, 1.82) is 0 Å². The minimum Gasteiger partial charge on any atom is -0.428 e. The molecular weight excluding hydrogens is 344 g/mol. The third-order valence-electron chi connectivity index (χ3n) is 3.06. The number of esters is 4. The zero-order valence-electron chi connectivity index (χ0n) is 16.5. The Balaban J connectivity index is 3.73. The number of unbranched alkanes of at least 4 members (excludes halogenated alkanes) is 1. The lowest BCUT2D eigenvalue weighted by molar-refractivity contribution is -0.175. The molecule has 0 aliphatic rings. The van der Waals surface area contributed by atoms with Crippen molar-refractivity contribution in [2.45, 2.75) is 67.2 Å². The summed E-state index contributed by atoms with van der Waals surface area (Å²) in [6.07, 6.45) is 1.03. The van der Waals surface area contributed by atoms with Crippen molar-refractivity contribution in [2.24, 2.45) is 10.8 Å². The van der Waals surface area contributed by atoms with Crippen molar-refractivity contribution >= 4 is 23.9 Å². The molecule has 0 aromatic carbocycles. The van der Waals surface area contributed by atoms with E-state index in [0.717, 1.165) is 0 Å². The summed E-state index contributed by atoms with van der Waals surface area (Å²) >= 11 is 0. The molecule has 0 unspecified atom stereocenters. The third-order valence-corrected chi connectivity index (χ3v) is 3.06. The number of rotatable bonds is 9. The maximum Gasteiger partial charge on any atom is 0.314 e. The lowest BCUT2D eigenvalue weighted by Gasteiger charge is -2.16. The SMILES string of the molecule is CC(C)(C)C(=O)OCOC(=O)CCCCC(=O)OCOC(=O)C(C)(C)C. The van der Waals surface area contributed by atoms with Crippen molar-refractivity contribution in [3.05, 3.63) is 0 Å². The van der Waals surface area contributed by atoms with E-state index in [1.807, 2.05) is 0 Å². The van der Waals surface area contributed by atoms with Crippen molar-refractivity contribution in [3.8, 4) is 0 Å². The Kier molecular flexibility index (Phi) is 9.90. The topological polar surface area (TPSA) is 105 Å². The Morgan fingerprint density at radius 3 is 1.15 bits per heavy atom. The van der Waals surface area contributed by atoms with Crippen molar-refractivity contribution in [1.82, 2.24) is 0 Å². The second-order valence-electron chi connectivity index (χ2n) is 7.84. The molecule has 0 fully saturated rings. The summed E-state index contributed by atoms with van der Waals surface area (Å²) in [7, 11) is 0. The minimum absolute atomic E-state index is 0.0966. The highest BCUT2D eigenvalue weighted by Gasteiger charge is 2.24. The Bertz CT molecular complexity index is 450. The lowest BCUT2D eigenvalue weighted by Crippen LogP contribution is -2.24. The van der Waals surface area contributed by atoms with Gasteiger partial charge in [0.05, 0.1) is 10.8 Å². The van der Waals surface area contributed by atoms with Crippen LogP contribution in [0.25, 0.3) is 0 Å². The Labute approximate surface area is 154 Å². The molecule has 0 bridgehead atoms. The fourth-order valence-corrected chi connectivity index (χ4v) is 1.41. The van der Waals surface area contributed by atoms with Crippen molar-refractivity contribution in [2.75, 3.05) is 13.6 Å². The van der Waals surface area contributed by atoms with E-state index in [-0.39, 0.29) is 12.8 Å². The molecule has 0 aromatic heterocycles. The van der Waals surface area contributed by atoms with Crippen LogP contribution in [-0.4, -0.2) is 37.5 Å². The second-order valence-corrected chi connectivity index (χ2v) is 7.84. The first kappa shape index (κ1) is 23.9. The highest BCUT2D eigenvalue weighted by molar-refractivity contribution is 5.76. The molecule has 150 valence electrons. The van der Waals surface area contributed by atoms with Crippen molar-refractivity contribution < 1.29 is 38.1 Å². The molecule has 0 N–H and O–H groups in total. The van der Waals surface area contributed by atoms with Gasteiger partial charge in [-0.05, 0) is 54.4 Å². The van der Waals surface area contributed by atoms with Gasteiger partial charge in [-0.2, -0.15) is 0 Å². The molecule has 0 atom stereocenters. The van der Waals surface area contributed by atoms with Crippen molar-refractivity contribution in [3.63, 3.8) is 0 Å². The zero-order chi connectivity index (χ0) is 20.4. The molecule has 26 heavy (non-hydrogen) atoms. The predicted octanol–water partition coefficient (Wildman–Crippen LogP) is 2.73. The van der Waals surface area contributed by atoms with Crippen LogP contribution >= 0.6 is 0 Å². The van der Waals surface area contributed by atoms with Gasteiger partial charge in [-0.25, -0.2) is 0 Å². The van der Waals surface area contributed by atoms with Gasteiger partial charge in [-0.1, -0.05) is 0 Å². The van der Waals surface area contributed by atoms with Crippen LogP contribution in [0.15, 0.2) is 0 Å². The minimum atomic E-state index is -0.659. The number of carbonyl (C=O) groups is 4. The van der Waals surface area contributed by atoms with E-state index in [2.05, 4.69) is 0 Å². The number of hydrogen-bond donors (Lipinski definition) is 0. The molecule has 0 spiro atoms. The van der Waals surface area contributed by atoms with E-state index in [0.29, 0.717) is 12.8 Å². The molecule has 0 aliphatic heterocycles. The Hall–Kier alpha value is -2.12. The molecule has 0 amide bonds. The summed E-state index contributed by atoms with van der Waals surface area (Å²) in [6, 6.07) is 0. The number of ether oxygens (including phenoxy) is 4. The van der Waals surface area contributed by atoms with Gasteiger partial charge in [0.2, 0.25) is 13.6 Å². The fraction of sp³-hybridized carbons (Fsp3) is 0.778. The van der Waals surface area contributed by atoms with Crippen LogP contribution in [0.4, 0.5) is 0 Å². The van der Waals surface area contributed by atoms with E-state index < -0.39 is 48.3 Å². The molecular formula is C18H30O8. The van der Waals surface area contributed by atoms with Crippen LogP contribution in [0.3, 0.4) is 0 Å². The molecule has 0 radical (unpaired) electrons. The highest BCUT2D eigenvalue weighted by Crippen LogP contribution is 2.15. The van der Waals surface area contributed by atoms with Gasteiger partial charge in [0.15, 0.2) is 0 Å². The summed E-state index contributed by atoms with van der Waals surface area (Å²) in [5, 5.41) is 0. The van der Waals surface area contributed by atoms with Crippen LogP contribution in [0.2, 0.25) is 0 Å². The largest absolute Gasteiger partial charge is 0.428 e. The van der Waals surface area contributed by atoms with Gasteiger partial charge in [-0.15, -0.1) is 0 Å². The predicted molar refractivity (Wildman–Crippen MR) is 91.5 cm³/mol. The zero-order valence-corrected chi connectivity index (χ0v) is 16.5. The average Bonchev–Trinajstić information content (AvgIpc) is 2.49. The van der Waals surface area contributed by atoms with Gasteiger partial charge < -0.3 is 18.9 Å². The highest BCUT2D eigenvalue weighted by atomic mass is 16.7. The first-order chi connectivity index (χ1) is 11.8. The van der Waals surface area contributed by atoms with E-state index in [9.17, 15) is 19.2 Å². The standard InChI is InChI=1S/C18H30O8/c1-17(2,3)15(21)25-11-23-13(19)9-7-8-10-14(20)24-12-26-16(22)18(4,5)6/h7-12H2,1-6H3. The van der Waals surface area contributed by atoms with E-state index in [4.69, 9.17) is 18.9 Å². The maximum absolute atomic E-state index is 11.5. The van der Waals surface area contributed by atoms with Crippen LogP contribution in [0.1, 0.15) is 67.2 Å². The second kappa shape index (κ2) is 10.8. The summed E-state index contributed by atoms with van der Waals surface area (Å²) < 4.78 is 19.2. The van der Waals surface area contributed by atoms with Gasteiger partial charge in [0, 0.05) is 12.8 Å². The van der Waals surface area contributed by atoms with Crippen LogP contribution < -0.4 is 0 Å². The summed E-state index contributed by atoms with van der Waals surface area (Å²) in [6.45, 7) is 9.33. The molecule has 0 saturated heterocycles. The molecule has 8 heteroatoms. The molecule has 0 saturated carbocycles. The number of hydrogen-bond acceptors (Lipinski definition) is 8. The fourth-order valence-electron chi connectivity index (χ4n) is 1.41. The molecule has 0 aromatic rings. The summed E-state index contributed by atoms with van der Waals surface area (Å²) in [5.74, 6) is -1.95. The maximum atomic E-state index is 11.5. The van der Waals surface area contributed by atoms with Gasteiger partial charge in [0.25, 0.3) is 0 Å². The van der Waals surface area contributed by atoms with E-state index in [1.165, 1.54) is 0 Å². The smallest absolute Gasteiger partial charge is 0.314 e. The average molecular weight is 374 g/mol. The molecule has 0 aliphatic carbocycles. The van der Waals surface area contributed by atoms with Gasteiger partial charge in [0.1, 0.15) is 0 Å². The quantitative estimate of drug-likeness (QED) is 0.345. The van der Waals surface area contributed by atoms with Gasteiger partial charge >= 0.3 is 23.9 Å². The third kappa shape index (κ3) is 11.4. The monoisotopic (exact) mass is 374 g/mol. The van der Waals surface area contributed by atoms with Crippen LogP contribution in [0.5, 0.6) is 0 Å². The molecule has 0 heterocycles. The first-order valence-electron chi connectivity index (χ1n) is 8.49.